The number of aromatic amines is 3. The molecule has 9 saturated heterocycles. The Morgan fingerprint density at radius 3 is 1.79 bits per heavy atom. The number of H-pyrrole nitrogens is 3. The number of halogens is 3. The number of imidazole rings is 3. The molecule has 21 rings (SSSR count). The van der Waals surface area contributed by atoms with E-state index in [0.29, 0.717) is 11.2 Å². The normalized spacial score (nSPS) is 35.1. The predicted octanol–water partition coefficient (Wildman–Crippen LogP) is -0.239. The number of nitrogens with two attached hydrogens (primary N) is 5. The van der Waals surface area contributed by atoms with Crippen LogP contribution in [0.3, 0.4) is 0 Å². The summed E-state index contributed by atoms with van der Waals surface area (Å²) in [5, 5.41) is 23.5. The average Bonchev–Trinajstić information content (AvgIpc) is 1.56. The third-order valence-corrected chi connectivity index (χ3v) is 30.2. The van der Waals surface area contributed by atoms with Crippen LogP contribution < -0.4 is 45.3 Å². The van der Waals surface area contributed by atoms with Gasteiger partial charge in [0.25, 0.3) is 22.5 Å². The van der Waals surface area contributed by atoms with Crippen molar-refractivity contribution in [1.82, 2.24) is 123 Å². The summed E-state index contributed by atoms with van der Waals surface area (Å²) >= 11 is 29.9. The average molecular weight is 2110 g/mol. The van der Waals surface area contributed by atoms with Gasteiger partial charge in [0.05, 0.1) is 63.1 Å². The number of ether oxygens (including phenoxy) is 7. The van der Waals surface area contributed by atoms with E-state index in [-0.39, 0.29) is 111 Å². The first-order chi connectivity index (χ1) is 63.8. The maximum Gasteiger partial charge on any atom is 0.582 e. The Bertz CT molecular complexity index is 7030. The highest BCUT2D eigenvalue weighted by Crippen LogP contribution is 2.59. The molecule has 12 aromatic heterocycles. The van der Waals surface area contributed by atoms with Gasteiger partial charge in [-0.05, 0) is 69.7 Å². The third kappa shape index (κ3) is 18.6. The van der Waals surface area contributed by atoms with Crippen LogP contribution in [0.25, 0.3) is 66.7 Å². The molecule has 59 nitrogen and oxygen atoms in total. The summed E-state index contributed by atoms with van der Waals surface area (Å²) in [6, 6.07) is 2.93. The van der Waals surface area contributed by atoms with Crippen LogP contribution in [0.15, 0.2) is 70.7 Å². The van der Waals surface area contributed by atoms with Crippen molar-refractivity contribution in [3.05, 3.63) is 87.4 Å². The molecule has 134 heavy (non-hydrogen) atoms. The molecule has 21 heterocycles. The number of methoxy groups -OCH3 is 1. The minimum absolute atomic E-state index is 0.0125. The van der Waals surface area contributed by atoms with E-state index in [1.54, 1.807) is 4.57 Å². The van der Waals surface area contributed by atoms with Gasteiger partial charge in [0.1, 0.15) is 116 Å². The van der Waals surface area contributed by atoms with Crippen molar-refractivity contribution in [2.75, 3.05) is 75.4 Å². The van der Waals surface area contributed by atoms with Crippen LogP contribution in [-0.4, -0.2) is 292 Å². The number of hydrogen-bond donors (Lipinski definition) is 14. The molecule has 0 aliphatic carbocycles. The van der Waals surface area contributed by atoms with Gasteiger partial charge in [-0.15, -0.1) is 19.8 Å². The maximum absolute atomic E-state index is 16.0. The fourth-order valence-electron chi connectivity index (χ4n) is 15.9. The van der Waals surface area contributed by atoms with Crippen molar-refractivity contribution in [1.29, 1.82) is 0 Å². The number of hydrogen-bond acceptors (Lipinski definition) is 50. The van der Waals surface area contributed by atoms with E-state index in [2.05, 4.69) is 108 Å². The minimum atomic E-state index is -4.29. The van der Waals surface area contributed by atoms with Gasteiger partial charge in [0.2, 0.25) is 5.95 Å². The Morgan fingerprint density at radius 1 is 0.575 bits per heavy atom. The van der Waals surface area contributed by atoms with Crippen molar-refractivity contribution in [2.45, 2.75) is 148 Å². The zero-order chi connectivity index (χ0) is 94.3. The molecule has 718 valence electrons. The second-order valence-electron chi connectivity index (χ2n) is 30.1. The molecule has 12 aromatic rings. The van der Waals surface area contributed by atoms with Crippen molar-refractivity contribution in [3.63, 3.8) is 0 Å². The van der Waals surface area contributed by atoms with Gasteiger partial charge in [-0.1, -0.05) is 15.6 Å². The predicted molar refractivity (Wildman–Crippen MR) is 463 cm³/mol. The molecule has 6 unspecified atom stereocenters. The van der Waals surface area contributed by atoms with E-state index in [1.807, 2.05) is 0 Å². The Balaban J connectivity index is 0.000000129. The summed E-state index contributed by atoms with van der Waals surface area (Å²) < 4.78 is 170. The lowest BCUT2D eigenvalue weighted by Crippen LogP contribution is -2.44. The zero-order valence-corrected chi connectivity index (χ0v) is 77.4. The van der Waals surface area contributed by atoms with Crippen LogP contribution in [0, 0.1) is 0 Å². The molecule has 0 aromatic carbocycles. The van der Waals surface area contributed by atoms with Crippen LogP contribution in [0.5, 0.6) is 0 Å². The number of rotatable bonds is 15. The highest BCUT2D eigenvalue weighted by molar-refractivity contribution is 8.39. The monoisotopic (exact) mass is 2110 g/mol. The van der Waals surface area contributed by atoms with E-state index in [0.717, 1.165) is 22.0 Å². The number of nitrogens with one attached hydrogen (secondary N) is 3. The van der Waals surface area contributed by atoms with Crippen molar-refractivity contribution in [2.24, 2.45) is 0 Å². The topological polar surface area (TPSA) is 767 Å². The first kappa shape index (κ1) is 95.1. The Morgan fingerprint density at radius 2 is 1.13 bits per heavy atom. The van der Waals surface area contributed by atoms with E-state index in [9.17, 15) is 43.4 Å². The summed E-state index contributed by atoms with van der Waals surface area (Å²) in [6.07, 6.45) is -18.5. The van der Waals surface area contributed by atoms with E-state index in [1.165, 1.54) is 64.6 Å². The lowest BCUT2D eigenvalue weighted by molar-refractivity contribution is -0.453. The highest BCUT2D eigenvalue weighted by Gasteiger charge is 2.67. The van der Waals surface area contributed by atoms with E-state index < -0.39 is 219 Å². The molecule has 9 fully saturated rings. The van der Waals surface area contributed by atoms with Crippen molar-refractivity contribution >= 4 is 208 Å². The SMILES string of the molecule is CO[C@H]1[C@H]2OO[C@]1(COP(O)(=S)O[C@@H]1C[C@@H](CO[P+](=O)S)O[C@H]1n1nnc3c(=O)[nH]c(N)nc31)O[C@H]2n1cnc2c(N)ncnc21.Nc1cc2c(nnn2[C@@H]2O[C@@H]3COP(O)(=S)O[C@H]4[C@H](F)[C@H](n5nnc6c(N)ncnc65)O[C@@H]4COP(O)(=S)O[C@@H]2C3)c(=O)[nH]1.Nc1ncnc2c1ncn2[C@@H]1O[C@@H]2COP(O)(=S)O[C@@H]3[C@@H](F)[C@@H](COP(O)(=S)O[C@H]2[C@@H]1F)O[C@H]3n1cnc2c(=O)[nH]ccc21. The summed E-state index contributed by atoms with van der Waals surface area (Å²) in [5.41, 5.74) is 29.0. The molecule has 9 aliphatic rings. The van der Waals surface area contributed by atoms with Crippen molar-refractivity contribution < 1.29 is 135 Å². The molecule has 0 radical (unpaired) electrons. The van der Waals surface area contributed by atoms with Gasteiger partial charge in [-0.2, -0.15) is 19.2 Å². The van der Waals surface area contributed by atoms with Crippen LogP contribution in [0.2, 0.25) is 0 Å². The quantitative estimate of drug-likeness (QED) is 0.0358. The number of fused-ring (bicyclic) bond motifs is 14. The van der Waals surface area contributed by atoms with E-state index in [4.69, 9.17) is 180 Å². The van der Waals surface area contributed by atoms with Gasteiger partial charge in [0.15, 0.2) is 130 Å². The highest BCUT2D eigenvalue weighted by atomic mass is 32.7. The Kier molecular flexibility index (Phi) is 26.3. The molecule has 0 saturated carbocycles. The molecule has 0 amide bonds. The van der Waals surface area contributed by atoms with Crippen LogP contribution in [-0.2, 0) is 156 Å². The number of nitrogens with zero attached hydrogens (tertiary/aromatic N) is 22. The number of alkyl halides is 3. The largest absolute Gasteiger partial charge is 0.582 e. The smallest absolute Gasteiger partial charge is 0.385 e. The van der Waals surface area contributed by atoms with Crippen LogP contribution >= 0.6 is 53.1 Å². The summed E-state index contributed by atoms with van der Waals surface area (Å²) in [4.78, 5) is 151. The Hall–Kier alpha value is -7.88. The van der Waals surface area contributed by atoms with Gasteiger partial charge < -0.3 is 132 Å². The molecule has 9 aliphatic heterocycles. The number of pyridine rings is 2. The minimum Gasteiger partial charge on any atom is -0.385 e. The first-order valence-corrected chi connectivity index (χ1v) is 54.0. The van der Waals surface area contributed by atoms with Crippen molar-refractivity contribution in [3.8, 4) is 0 Å². The summed E-state index contributed by atoms with van der Waals surface area (Å²) in [7, 11) is -0.828. The fraction of sp³-hybridized carbons (Fsp3) is 0.517. The fourth-order valence-corrected chi connectivity index (χ4v) is 23.5. The lowest BCUT2D eigenvalue weighted by atomic mass is 10.1. The zero-order valence-electron chi connectivity index (χ0n) is 67.0. The molecule has 6 bridgehead atoms. The molecule has 0 spiro atoms. The van der Waals surface area contributed by atoms with Crippen LogP contribution in [0.1, 0.15) is 50.2 Å². The Labute approximate surface area is 772 Å². The number of nitrogen functional groups attached to an aromatic ring is 5. The van der Waals surface area contributed by atoms with Gasteiger partial charge in [-0.25, -0.2) is 67.6 Å². The standard InChI is InChI=1S/C21H22F2N8O9P2S2.C20H23N11O11P2S2.C19H22FN11O9P2S2/c22-11-9-3-35-41(33,43)39-15-10(38-20(12(15)23)31-7-29-14-17(24)26-5-27-18(14)31)4-36-42(34,44)40-16(11)21(37-9)30-6-28-13-8(30)1-2-25-19(13)32;1-35-12-11-18(30-6-25-9-13(21)23-5-24-14(9)30)39-20(12,42-40-11)4-37-44(34,46)41-8-2-7(3-36-43(33)45)38-17(8)31-15-10(28-29-31)16(32)27-19(22)26-15;20-11-14-9(38-19(11)31-16-13(27-29-31)15(22)23-5-24-16)4-36-41(33,43)39-8-1-6(3-35-42(34,44)40-14)37-18(8)30-7-2-10(21)25-17(32)12(7)26-28-30/h1-2,5-7,9-12,15-16,20-21H,3-4H2,(H,25,32)(H,33,43)(H,34,44)(H2,24,26,27);5-8,11-12,17-18H,2-4H2,1H3,(H6-,21,22,23,24,26,27,29,32,33,34,45,46);2,5-6,8-9,11,14,18-19H,1,3-4H2,(H,33,43)(H,34,44)(H3,21,25,32)(H2,22,23,24)/p+1/t9-,10-,11+,12+,15-,16-,20-,21-,41?,42?;7-,8+,11+,12-,17+,18+,20-,44?;6-,8+,9+,11-,14+,18+,19+,41?,42?/m100/s1. The molecular formula is C60H68F3N30O29P6S6+. The van der Waals surface area contributed by atoms with Gasteiger partial charge in [-0.3, -0.25) is 42.1 Å². The second-order valence-corrected chi connectivity index (χ2v) is 45.7. The number of anilines is 5. The molecule has 74 heteroatoms. The molecular weight excluding hydrogens is 2040 g/mol. The van der Waals surface area contributed by atoms with E-state index >= 15 is 13.2 Å². The van der Waals surface area contributed by atoms with Crippen LogP contribution in [0.4, 0.5) is 42.4 Å². The lowest BCUT2D eigenvalue weighted by Gasteiger charge is -2.31. The summed E-state index contributed by atoms with van der Waals surface area (Å²) in [6.45, 7) is -23.8. The molecule has 28 atom stereocenters. The van der Waals surface area contributed by atoms with Gasteiger partial charge >= 0.3 is 40.8 Å². The number of thiol groups is 1. The second kappa shape index (κ2) is 37.0. The number of aromatic nitrogens is 25. The first-order valence-electron chi connectivity index (χ1n) is 38.7. The summed E-state index contributed by atoms with van der Waals surface area (Å²) in [5.74, 6) is -1.60. The molecule has 18 N–H and O–H groups in total. The van der Waals surface area contributed by atoms with Gasteiger partial charge in [0, 0.05) is 32.2 Å². The third-order valence-electron chi connectivity index (χ3n) is 21.7. The maximum atomic E-state index is 16.0.